The topological polar surface area (TPSA) is 80.2 Å². The molecule has 0 amide bonds. The lowest BCUT2D eigenvalue weighted by Crippen LogP contribution is -2.47. The lowest BCUT2D eigenvalue weighted by atomic mass is 10.2. The summed E-state index contributed by atoms with van der Waals surface area (Å²) in [6.07, 6.45) is 1.73. The molecule has 6 heteroatoms. The molecule has 1 aliphatic rings. The lowest BCUT2D eigenvalue weighted by Gasteiger charge is -2.31. The molecule has 1 fully saturated rings. The molecule has 0 radical (unpaired) electrons. The van der Waals surface area contributed by atoms with Crippen molar-refractivity contribution in [3.63, 3.8) is 0 Å². The number of amidine groups is 1. The van der Waals surface area contributed by atoms with Crippen LogP contribution in [0.2, 0.25) is 0 Å². The third-order valence-corrected chi connectivity index (χ3v) is 3.08. The molecule has 1 unspecified atom stereocenters. The summed E-state index contributed by atoms with van der Waals surface area (Å²) in [6, 6.07) is 2.42. The van der Waals surface area contributed by atoms with Gasteiger partial charge in [-0.25, -0.2) is 0 Å². The van der Waals surface area contributed by atoms with Crippen molar-refractivity contribution in [1.29, 1.82) is 5.41 Å². The van der Waals surface area contributed by atoms with Gasteiger partial charge in [-0.3, -0.25) is 15.0 Å². The maximum Gasteiger partial charge on any atom is 0.127 e. The fraction of sp³-hybridized carbons (Fsp3) is 0.667. The molecule has 1 aromatic rings. The summed E-state index contributed by atoms with van der Waals surface area (Å²) in [6.45, 7) is 7.15. The normalized spacial score (nSPS) is 21.4. The van der Waals surface area contributed by atoms with E-state index in [1.807, 2.05) is 16.9 Å². The van der Waals surface area contributed by atoms with Gasteiger partial charge >= 0.3 is 0 Å². The minimum Gasteiger partial charge on any atom is -0.385 e. The Hall–Kier alpha value is -1.40. The van der Waals surface area contributed by atoms with E-state index in [1.165, 1.54) is 0 Å². The molecule has 1 aliphatic heterocycles. The Bertz CT molecular complexity index is 414. The van der Waals surface area contributed by atoms with Gasteiger partial charge in [0.25, 0.3) is 0 Å². The monoisotopic (exact) mass is 251 g/mol. The summed E-state index contributed by atoms with van der Waals surface area (Å²) < 4.78 is 7.39. The van der Waals surface area contributed by atoms with Crippen molar-refractivity contribution < 1.29 is 4.74 Å². The van der Waals surface area contributed by atoms with E-state index in [4.69, 9.17) is 15.9 Å². The fourth-order valence-corrected chi connectivity index (χ4v) is 2.01. The van der Waals surface area contributed by atoms with Gasteiger partial charge in [0.1, 0.15) is 11.9 Å². The molecular weight excluding hydrogens is 230 g/mol. The highest BCUT2D eigenvalue weighted by Gasteiger charge is 2.23. The highest BCUT2D eigenvalue weighted by atomic mass is 16.5. The molecule has 0 bridgehead atoms. The number of morpholine rings is 1. The van der Waals surface area contributed by atoms with E-state index in [0.29, 0.717) is 19.2 Å². The number of aromatic nitrogens is 2. The van der Waals surface area contributed by atoms with Gasteiger partial charge in [0, 0.05) is 31.9 Å². The number of nitrogens with two attached hydrogens (primary N) is 1. The maximum absolute atomic E-state index is 7.43. The quantitative estimate of drug-likeness (QED) is 0.606. The summed E-state index contributed by atoms with van der Waals surface area (Å²) in [5.41, 5.74) is 6.53. The fourth-order valence-electron chi connectivity index (χ4n) is 2.01. The molecule has 0 saturated carbocycles. The summed E-state index contributed by atoms with van der Waals surface area (Å²) in [5.74, 6) is 0.104. The minimum absolute atomic E-state index is 0.104. The van der Waals surface area contributed by atoms with Crippen LogP contribution in [-0.2, 0) is 11.3 Å². The molecule has 0 spiro atoms. The van der Waals surface area contributed by atoms with Crippen LogP contribution < -0.4 is 5.73 Å². The average molecular weight is 251 g/mol. The smallest absolute Gasteiger partial charge is 0.127 e. The second-order valence-electron chi connectivity index (χ2n) is 4.93. The van der Waals surface area contributed by atoms with Crippen LogP contribution in [-0.4, -0.2) is 46.3 Å². The Labute approximate surface area is 107 Å². The molecule has 0 aliphatic carbocycles. The third kappa shape index (κ3) is 3.08. The SMILES string of the molecule is CC(C)n1ccc(CN2CCOC(C(=N)N)C2)n1. The van der Waals surface area contributed by atoms with Crippen molar-refractivity contribution >= 4 is 5.84 Å². The van der Waals surface area contributed by atoms with E-state index in [-0.39, 0.29) is 11.9 Å². The van der Waals surface area contributed by atoms with Crippen LogP contribution in [0.1, 0.15) is 25.6 Å². The van der Waals surface area contributed by atoms with E-state index >= 15 is 0 Å². The van der Waals surface area contributed by atoms with Crippen LogP contribution in [0.5, 0.6) is 0 Å². The zero-order valence-electron chi connectivity index (χ0n) is 11.0. The van der Waals surface area contributed by atoms with E-state index in [2.05, 4.69) is 23.8 Å². The standard InChI is InChI=1S/C12H21N5O/c1-9(2)17-4-3-10(15-17)7-16-5-6-18-11(8-16)12(13)14/h3-4,9,11H,5-8H2,1-2H3,(H3,13,14). The van der Waals surface area contributed by atoms with E-state index in [9.17, 15) is 0 Å². The zero-order valence-corrected chi connectivity index (χ0v) is 11.0. The molecule has 2 heterocycles. The van der Waals surface area contributed by atoms with Crippen LogP contribution in [0.25, 0.3) is 0 Å². The first kappa shape index (κ1) is 13.0. The van der Waals surface area contributed by atoms with Crippen molar-refractivity contribution in [2.45, 2.75) is 32.5 Å². The Morgan fingerprint density at radius 2 is 2.44 bits per heavy atom. The predicted molar refractivity (Wildman–Crippen MR) is 69.5 cm³/mol. The van der Waals surface area contributed by atoms with Gasteiger partial charge in [-0.2, -0.15) is 5.10 Å². The van der Waals surface area contributed by atoms with Gasteiger partial charge in [0.2, 0.25) is 0 Å². The maximum atomic E-state index is 7.43. The zero-order chi connectivity index (χ0) is 13.1. The number of ether oxygens (including phenoxy) is 1. The van der Waals surface area contributed by atoms with Gasteiger partial charge < -0.3 is 10.5 Å². The molecule has 0 aromatic carbocycles. The molecule has 1 saturated heterocycles. The predicted octanol–water partition coefficient (Wildman–Crippen LogP) is 0.601. The number of nitrogens with one attached hydrogen (secondary N) is 1. The van der Waals surface area contributed by atoms with Gasteiger partial charge in [-0.05, 0) is 19.9 Å². The van der Waals surface area contributed by atoms with Crippen LogP contribution in [0.4, 0.5) is 0 Å². The Morgan fingerprint density at radius 3 is 3.06 bits per heavy atom. The lowest BCUT2D eigenvalue weighted by molar-refractivity contribution is 0.00184. The van der Waals surface area contributed by atoms with E-state index < -0.39 is 0 Å². The highest BCUT2D eigenvalue weighted by Crippen LogP contribution is 2.10. The van der Waals surface area contributed by atoms with Crippen LogP contribution in [0, 0.1) is 5.41 Å². The summed E-state index contributed by atoms with van der Waals surface area (Å²) in [5, 5.41) is 11.9. The van der Waals surface area contributed by atoms with Crippen LogP contribution in [0.15, 0.2) is 12.3 Å². The first-order valence-corrected chi connectivity index (χ1v) is 6.28. The van der Waals surface area contributed by atoms with Gasteiger partial charge in [-0.1, -0.05) is 0 Å². The number of hydrogen-bond acceptors (Lipinski definition) is 4. The average Bonchev–Trinajstić information content (AvgIpc) is 2.78. The van der Waals surface area contributed by atoms with Crippen molar-refractivity contribution in [1.82, 2.24) is 14.7 Å². The van der Waals surface area contributed by atoms with Gasteiger partial charge in [0.05, 0.1) is 12.3 Å². The summed E-state index contributed by atoms with van der Waals surface area (Å²) in [4.78, 5) is 2.22. The molecule has 18 heavy (non-hydrogen) atoms. The highest BCUT2D eigenvalue weighted by molar-refractivity contribution is 5.82. The Kier molecular flexibility index (Phi) is 3.98. The number of nitrogens with zero attached hydrogens (tertiary/aromatic N) is 3. The van der Waals surface area contributed by atoms with Crippen molar-refractivity contribution in [3.05, 3.63) is 18.0 Å². The molecule has 3 N–H and O–H groups in total. The molecule has 2 rings (SSSR count). The van der Waals surface area contributed by atoms with Crippen molar-refractivity contribution in [2.75, 3.05) is 19.7 Å². The Balaban J connectivity index is 1.94. The number of rotatable bonds is 4. The Morgan fingerprint density at radius 1 is 1.67 bits per heavy atom. The van der Waals surface area contributed by atoms with Crippen LogP contribution >= 0.6 is 0 Å². The first-order valence-electron chi connectivity index (χ1n) is 6.28. The second-order valence-corrected chi connectivity index (χ2v) is 4.93. The summed E-state index contributed by atoms with van der Waals surface area (Å²) >= 11 is 0. The van der Waals surface area contributed by atoms with Gasteiger partial charge in [-0.15, -0.1) is 0 Å². The van der Waals surface area contributed by atoms with Gasteiger partial charge in [0.15, 0.2) is 0 Å². The van der Waals surface area contributed by atoms with Crippen molar-refractivity contribution in [3.8, 4) is 0 Å². The molecule has 6 nitrogen and oxygen atoms in total. The van der Waals surface area contributed by atoms with E-state index in [1.54, 1.807) is 0 Å². The second kappa shape index (κ2) is 5.49. The molecule has 1 aromatic heterocycles. The minimum atomic E-state index is -0.272. The third-order valence-electron chi connectivity index (χ3n) is 3.08. The first-order chi connectivity index (χ1) is 8.56. The molecule has 1 atom stereocenters. The molecular formula is C12H21N5O. The summed E-state index contributed by atoms with van der Waals surface area (Å²) in [7, 11) is 0. The van der Waals surface area contributed by atoms with Crippen molar-refractivity contribution in [2.24, 2.45) is 5.73 Å². The number of hydrogen-bond donors (Lipinski definition) is 2. The molecule has 100 valence electrons. The van der Waals surface area contributed by atoms with Crippen LogP contribution in [0.3, 0.4) is 0 Å². The van der Waals surface area contributed by atoms with E-state index in [0.717, 1.165) is 18.8 Å². The largest absolute Gasteiger partial charge is 0.385 e.